The van der Waals surface area contributed by atoms with E-state index >= 15 is 0 Å². The van der Waals surface area contributed by atoms with Crippen LogP contribution in [0.2, 0.25) is 0 Å². The minimum atomic E-state index is 0. The van der Waals surface area contributed by atoms with Crippen molar-refractivity contribution in [2.45, 2.75) is 37.6 Å². The average Bonchev–Trinajstić information content (AvgIpc) is 2.46. The van der Waals surface area contributed by atoms with Crippen LogP contribution >= 0.6 is 28.3 Å². The Morgan fingerprint density at radius 3 is 2.29 bits per heavy atom. The largest absolute Gasteiger partial charge is 0.350 e. The molecule has 0 atom stereocenters. The Morgan fingerprint density at radius 2 is 1.76 bits per heavy atom. The van der Waals surface area contributed by atoms with Crippen molar-refractivity contribution in [1.29, 1.82) is 0 Å². The first-order valence-electron chi connectivity index (χ1n) is 7.25. The van der Waals surface area contributed by atoms with E-state index in [-0.39, 0.29) is 23.9 Å². The molecule has 0 spiro atoms. The predicted octanol–water partition coefficient (Wildman–Crippen LogP) is 3.87. The first kappa shape index (κ1) is 18.5. The first-order valence-corrected chi connectivity index (χ1v) is 8.04. The van der Waals surface area contributed by atoms with Crippen molar-refractivity contribution in [2.75, 3.05) is 20.6 Å². The van der Waals surface area contributed by atoms with Gasteiger partial charge >= 0.3 is 0 Å². The van der Waals surface area contributed by atoms with Crippen molar-refractivity contribution in [3.8, 4) is 0 Å². The molecule has 1 N–H and O–H groups in total. The highest BCUT2D eigenvalue weighted by Crippen LogP contribution is 2.31. The molecule has 5 heteroatoms. The van der Waals surface area contributed by atoms with Gasteiger partial charge < -0.3 is 10.2 Å². The van der Waals surface area contributed by atoms with Gasteiger partial charge in [-0.25, -0.2) is 0 Å². The second kappa shape index (κ2) is 8.16. The second-order valence-corrected chi connectivity index (χ2v) is 6.78. The number of amides is 1. The lowest BCUT2D eigenvalue weighted by molar-refractivity contribution is 0.0799. The van der Waals surface area contributed by atoms with E-state index < -0.39 is 0 Å². The number of halogens is 2. The zero-order valence-electron chi connectivity index (χ0n) is 12.7. The third-order valence-corrected chi connectivity index (χ3v) is 4.95. The molecule has 0 saturated heterocycles. The smallest absolute Gasteiger partial charge is 0.251 e. The first-order chi connectivity index (χ1) is 9.53. The van der Waals surface area contributed by atoms with Gasteiger partial charge in [-0.05, 0) is 51.2 Å². The molecule has 118 valence electrons. The lowest BCUT2D eigenvalue weighted by atomic mass is 9.80. The molecule has 0 unspecified atom stereocenters. The van der Waals surface area contributed by atoms with Gasteiger partial charge in [0.1, 0.15) is 0 Å². The minimum absolute atomic E-state index is 0. The molecule has 1 aliphatic rings. The molecule has 1 saturated carbocycles. The molecule has 1 aliphatic carbocycles. The summed E-state index contributed by atoms with van der Waals surface area (Å²) in [6.07, 6.45) is 6.16. The number of benzene rings is 1. The number of carbonyl (C=O) groups excluding carboxylic acids is 1. The summed E-state index contributed by atoms with van der Waals surface area (Å²) in [5.74, 6) is 0.0179. The van der Waals surface area contributed by atoms with Crippen molar-refractivity contribution in [1.82, 2.24) is 10.2 Å². The Balaban J connectivity index is 0.00000220. The molecular weight excluding hydrogens is 352 g/mol. The summed E-state index contributed by atoms with van der Waals surface area (Å²) >= 11 is 3.39. The maximum Gasteiger partial charge on any atom is 0.251 e. The maximum atomic E-state index is 12.2. The quantitative estimate of drug-likeness (QED) is 0.866. The highest BCUT2D eigenvalue weighted by Gasteiger charge is 2.34. The number of hydrogen-bond donors (Lipinski definition) is 1. The van der Waals surface area contributed by atoms with Crippen LogP contribution in [0.25, 0.3) is 0 Å². The normalized spacial score (nSPS) is 17.1. The molecule has 0 bridgehead atoms. The van der Waals surface area contributed by atoms with Crippen molar-refractivity contribution in [2.24, 2.45) is 0 Å². The van der Waals surface area contributed by atoms with E-state index in [1.165, 1.54) is 32.1 Å². The summed E-state index contributed by atoms with van der Waals surface area (Å²) in [6.45, 7) is 0.731. The summed E-state index contributed by atoms with van der Waals surface area (Å²) in [5.41, 5.74) is 0.849. The van der Waals surface area contributed by atoms with Crippen molar-refractivity contribution >= 4 is 34.2 Å². The van der Waals surface area contributed by atoms with E-state index in [0.29, 0.717) is 0 Å². The zero-order valence-corrected chi connectivity index (χ0v) is 15.1. The molecular formula is C16H24BrClN2O. The van der Waals surface area contributed by atoms with Gasteiger partial charge in [-0.15, -0.1) is 12.4 Å². The van der Waals surface area contributed by atoms with Gasteiger partial charge in [0.05, 0.1) is 0 Å². The molecule has 0 radical (unpaired) electrons. The average molecular weight is 376 g/mol. The summed E-state index contributed by atoms with van der Waals surface area (Å²) in [5, 5.41) is 3.11. The molecule has 2 rings (SSSR count). The number of nitrogens with one attached hydrogen (secondary N) is 1. The molecule has 21 heavy (non-hydrogen) atoms. The Bertz CT molecular complexity index is 456. The summed E-state index contributed by atoms with van der Waals surface area (Å²) < 4.78 is 0.992. The van der Waals surface area contributed by atoms with Crippen LogP contribution in [0.3, 0.4) is 0 Å². The minimum Gasteiger partial charge on any atom is -0.350 e. The van der Waals surface area contributed by atoms with Crippen molar-refractivity contribution < 1.29 is 4.79 Å². The Labute approximate surface area is 142 Å². The fourth-order valence-electron chi connectivity index (χ4n) is 2.94. The Kier molecular flexibility index (Phi) is 7.17. The van der Waals surface area contributed by atoms with Crippen LogP contribution in [0.5, 0.6) is 0 Å². The monoisotopic (exact) mass is 374 g/mol. The number of nitrogens with zero attached hydrogens (tertiary/aromatic N) is 1. The molecule has 0 aliphatic heterocycles. The molecule has 1 aromatic rings. The summed E-state index contributed by atoms with van der Waals surface area (Å²) in [7, 11) is 4.24. The number of rotatable bonds is 4. The van der Waals surface area contributed by atoms with E-state index in [1.54, 1.807) is 0 Å². The predicted molar refractivity (Wildman–Crippen MR) is 93.2 cm³/mol. The van der Waals surface area contributed by atoms with Crippen LogP contribution in [0, 0.1) is 0 Å². The van der Waals surface area contributed by atoms with Gasteiger partial charge in [0.15, 0.2) is 0 Å². The lowest BCUT2D eigenvalue weighted by Crippen LogP contribution is -2.53. The third-order valence-electron chi connectivity index (χ3n) is 4.42. The molecule has 1 aromatic carbocycles. The van der Waals surface area contributed by atoms with Crippen LogP contribution in [0.4, 0.5) is 0 Å². The molecule has 1 fully saturated rings. The van der Waals surface area contributed by atoms with Crippen LogP contribution in [-0.4, -0.2) is 37.0 Å². The standard InChI is InChI=1S/C16H23BrN2O.ClH/c1-19(2)16(10-4-3-5-11-16)12-18-15(20)13-6-8-14(17)9-7-13;/h6-9H,3-5,10-12H2,1-2H3,(H,18,20);1H. The fourth-order valence-corrected chi connectivity index (χ4v) is 3.20. The Morgan fingerprint density at radius 1 is 1.19 bits per heavy atom. The molecule has 0 aromatic heterocycles. The number of carbonyl (C=O) groups is 1. The summed E-state index contributed by atoms with van der Waals surface area (Å²) in [6, 6.07) is 7.50. The fraction of sp³-hybridized carbons (Fsp3) is 0.562. The van der Waals surface area contributed by atoms with Crippen LogP contribution in [0.15, 0.2) is 28.7 Å². The number of hydrogen-bond acceptors (Lipinski definition) is 2. The van der Waals surface area contributed by atoms with E-state index in [1.807, 2.05) is 24.3 Å². The van der Waals surface area contributed by atoms with Gasteiger partial charge in [-0.1, -0.05) is 35.2 Å². The van der Waals surface area contributed by atoms with Gasteiger partial charge in [0.25, 0.3) is 5.91 Å². The topological polar surface area (TPSA) is 32.3 Å². The van der Waals surface area contributed by atoms with E-state index in [4.69, 9.17) is 0 Å². The molecule has 3 nitrogen and oxygen atoms in total. The van der Waals surface area contributed by atoms with Crippen LogP contribution in [-0.2, 0) is 0 Å². The Hall–Kier alpha value is -0.580. The van der Waals surface area contributed by atoms with Gasteiger partial charge in [-0.2, -0.15) is 0 Å². The van der Waals surface area contributed by atoms with E-state index in [9.17, 15) is 4.79 Å². The van der Waals surface area contributed by atoms with Crippen molar-refractivity contribution in [3.63, 3.8) is 0 Å². The van der Waals surface area contributed by atoms with Gasteiger partial charge in [0, 0.05) is 22.1 Å². The third kappa shape index (κ3) is 4.70. The highest BCUT2D eigenvalue weighted by atomic mass is 79.9. The maximum absolute atomic E-state index is 12.2. The SMILES string of the molecule is CN(C)C1(CNC(=O)c2ccc(Br)cc2)CCCCC1.Cl. The molecule has 0 heterocycles. The van der Waals surface area contributed by atoms with E-state index in [0.717, 1.165) is 16.6 Å². The van der Waals surface area contributed by atoms with E-state index in [2.05, 4.69) is 40.2 Å². The van der Waals surface area contributed by atoms with Gasteiger partial charge in [-0.3, -0.25) is 4.79 Å². The molecule has 1 amide bonds. The van der Waals surface area contributed by atoms with Gasteiger partial charge in [0.2, 0.25) is 0 Å². The number of likely N-dealkylation sites (N-methyl/N-ethyl adjacent to an activating group) is 1. The zero-order chi connectivity index (χ0) is 14.6. The summed E-state index contributed by atoms with van der Waals surface area (Å²) in [4.78, 5) is 14.5. The highest BCUT2D eigenvalue weighted by molar-refractivity contribution is 9.10. The lowest BCUT2D eigenvalue weighted by Gasteiger charge is -2.43. The van der Waals surface area contributed by atoms with Crippen molar-refractivity contribution in [3.05, 3.63) is 34.3 Å². The second-order valence-electron chi connectivity index (χ2n) is 5.87. The van der Waals surface area contributed by atoms with Crippen LogP contribution in [0.1, 0.15) is 42.5 Å². The van der Waals surface area contributed by atoms with Crippen LogP contribution < -0.4 is 5.32 Å².